The van der Waals surface area contributed by atoms with Crippen LogP contribution in [0.15, 0.2) is 60.7 Å². The van der Waals surface area contributed by atoms with E-state index in [2.05, 4.69) is 29.4 Å². The van der Waals surface area contributed by atoms with Crippen LogP contribution in [-0.4, -0.2) is 36.4 Å². The first-order chi connectivity index (χ1) is 17.2. The molecule has 3 rings (SSSR count). The Kier molecular flexibility index (Phi) is 17.6. The van der Waals surface area contributed by atoms with E-state index in [1.807, 2.05) is 32.0 Å². The molecule has 2 N–H and O–H groups in total. The molecule has 200 valence electrons. The Bertz CT molecular complexity index is 1150. The van der Waals surface area contributed by atoms with Crippen LogP contribution in [0.2, 0.25) is 10.0 Å². The minimum atomic E-state index is -1.14. The molecule has 0 atom stereocenters. The normalized spacial score (nSPS) is 9.87. The van der Waals surface area contributed by atoms with Crippen LogP contribution in [0.1, 0.15) is 30.5 Å². The first-order valence-corrected chi connectivity index (χ1v) is 12.5. The number of carboxylic acids is 1. The Hall–Kier alpha value is -1.77. The molecule has 1 amide bonds. The second kappa shape index (κ2) is 18.5. The predicted molar refractivity (Wildman–Crippen MR) is 154 cm³/mol. The summed E-state index contributed by atoms with van der Waals surface area (Å²) >= 11 is 12.1. The van der Waals surface area contributed by atoms with Crippen molar-refractivity contribution < 1.29 is 44.3 Å². The molecule has 6 nitrogen and oxygen atoms in total. The van der Waals surface area contributed by atoms with E-state index >= 15 is 0 Å². The molecule has 0 saturated carbocycles. The van der Waals surface area contributed by atoms with Gasteiger partial charge in [-0.25, -0.2) is 0 Å². The van der Waals surface area contributed by atoms with Gasteiger partial charge >= 0.3 is 29.6 Å². The maximum absolute atomic E-state index is 11.9. The van der Waals surface area contributed by atoms with Crippen molar-refractivity contribution >= 4 is 64.5 Å². The third-order valence-corrected chi connectivity index (χ3v) is 6.21. The largest absolute Gasteiger partial charge is 1.00 e. The number of nitrogens with zero attached hydrogens (tertiary/aromatic N) is 1. The molecule has 0 unspecified atom stereocenters. The molecule has 10 heteroatoms. The number of likely N-dealkylation sites (N-methyl/N-ethyl adjacent to an activating group) is 1. The molecular weight excluding hydrogens is 556 g/mol. The van der Waals surface area contributed by atoms with Crippen molar-refractivity contribution in [1.29, 1.82) is 0 Å². The number of carboxylic acid groups (broad SMARTS) is 1. The topological polar surface area (TPSA) is 84.5 Å². The number of hydrogen-bond donors (Lipinski definition) is 2. The van der Waals surface area contributed by atoms with Crippen molar-refractivity contribution in [3.63, 3.8) is 0 Å². The molecule has 0 aliphatic rings. The zero-order chi connectivity index (χ0) is 26.7. The van der Waals surface area contributed by atoms with E-state index in [0.717, 1.165) is 29.9 Å². The molecule has 0 aliphatic carbocycles. The number of amides is 1. The van der Waals surface area contributed by atoms with Crippen molar-refractivity contribution in [2.75, 3.05) is 30.3 Å². The van der Waals surface area contributed by atoms with Crippen LogP contribution in [-0.2, 0) is 16.0 Å². The van der Waals surface area contributed by atoms with E-state index < -0.39 is 5.97 Å². The number of carbonyl (C=O) groups is 2. The average molecular weight is 589 g/mol. The molecule has 0 spiro atoms. The summed E-state index contributed by atoms with van der Waals surface area (Å²) in [5, 5.41) is 17.7. The molecule has 0 radical (unpaired) electrons. The number of nitrogens with one attached hydrogen (secondary N) is 2. The van der Waals surface area contributed by atoms with E-state index in [9.17, 15) is 14.7 Å². The number of aryl methyl sites for hydroxylation is 2. The van der Waals surface area contributed by atoms with Gasteiger partial charge in [0.05, 0.1) is 22.3 Å². The molecule has 38 heavy (non-hydrogen) atoms. The van der Waals surface area contributed by atoms with Gasteiger partial charge in [0.2, 0.25) is 5.91 Å². The second-order valence-corrected chi connectivity index (χ2v) is 9.02. The minimum Gasteiger partial charge on any atom is -0.550 e. The average Bonchev–Trinajstić information content (AvgIpc) is 2.83. The monoisotopic (exact) mass is 587 g/mol. The molecule has 0 aromatic heterocycles. The summed E-state index contributed by atoms with van der Waals surface area (Å²) in [6.45, 7) is 10.4. The fourth-order valence-electron chi connectivity index (χ4n) is 3.54. The van der Waals surface area contributed by atoms with Gasteiger partial charge in [-0.1, -0.05) is 79.5 Å². The Balaban J connectivity index is 0.000000689. The first kappa shape index (κ1) is 36.2. The van der Waals surface area contributed by atoms with Gasteiger partial charge in [-0.2, -0.15) is 0 Å². The number of aliphatic carboxylic acids is 1. The van der Waals surface area contributed by atoms with Crippen LogP contribution in [0, 0.1) is 13.8 Å². The maximum Gasteiger partial charge on any atom is 1.00 e. The zero-order valence-electron chi connectivity index (χ0n) is 22.4. The Morgan fingerprint density at radius 1 is 0.842 bits per heavy atom. The van der Waals surface area contributed by atoms with E-state index in [1.165, 1.54) is 0 Å². The van der Waals surface area contributed by atoms with Crippen LogP contribution < -0.4 is 45.3 Å². The van der Waals surface area contributed by atoms with Crippen molar-refractivity contribution in [2.45, 2.75) is 34.1 Å². The van der Waals surface area contributed by atoms with Crippen LogP contribution in [0.3, 0.4) is 0 Å². The number of carbonyl (C=O) groups excluding carboxylic acids is 2. The van der Waals surface area contributed by atoms with Crippen molar-refractivity contribution in [3.8, 4) is 0 Å². The summed E-state index contributed by atoms with van der Waals surface area (Å²) in [7, 11) is 0. The van der Waals surface area contributed by atoms with E-state index in [-0.39, 0.29) is 54.3 Å². The fourth-order valence-corrected chi connectivity index (χ4v) is 4.04. The number of halogens is 3. The fraction of sp³-hybridized carbons (Fsp3) is 0.286. The maximum atomic E-state index is 11.9. The molecule has 3 aromatic carbocycles. The van der Waals surface area contributed by atoms with Gasteiger partial charge in [0.15, 0.2) is 0 Å². The molecule has 3 aromatic rings. The van der Waals surface area contributed by atoms with Gasteiger partial charge in [0.1, 0.15) is 0 Å². The standard InChI is InChI=1S/C14H11Cl2NO2.C14H22N2O.ClH.Na/c15-10-5-3-6-11(16)14(10)17-12-7-2-1-4-9(12)8-13(18)19;1-5-16(6-2)10-13(17)15-14-11(3)8-7-9-12(14)4;;/h1-7,17H,8H2,(H,18,19);7-9H,5-6,10H2,1-4H3,(H,15,17);1H;/q;;;+1/p-1. The molecule has 0 heterocycles. The molecular formula is C28H33Cl3N3NaO3. The number of hydrogen-bond acceptors (Lipinski definition) is 5. The summed E-state index contributed by atoms with van der Waals surface area (Å²) < 4.78 is 0. The molecule has 0 fully saturated rings. The third kappa shape index (κ3) is 11.5. The van der Waals surface area contributed by atoms with E-state index in [4.69, 9.17) is 23.2 Å². The quantitative estimate of drug-likeness (QED) is 0.376. The number of rotatable bonds is 9. The van der Waals surface area contributed by atoms with Crippen molar-refractivity contribution in [1.82, 2.24) is 4.90 Å². The molecule has 0 aliphatic heterocycles. The second-order valence-electron chi connectivity index (χ2n) is 8.20. The summed E-state index contributed by atoms with van der Waals surface area (Å²) in [5.41, 5.74) is 4.97. The Labute approximate surface area is 263 Å². The van der Waals surface area contributed by atoms with Gasteiger partial charge in [-0.15, -0.1) is 12.4 Å². The molecule has 0 bridgehead atoms. The predicted octanol–water partition coefficient (Wildman–Crippen LogP) is 3.04. The van der Waals surface area contributed by atoms with E-state index in [1.54, 1.807) is 42.5 Å². The Morgan fingerprint density at radius 3 is 1.89 bits per heavy atom. The summed E-state index contributed by atoms with van der Waals surface area (Å²) in [4.78, 5) is 24.7. The van der Waals surface area contributed by atoms with Crippen LogP contribution in [0.25, 0.3) is 0 Å². The zero-order valence-corrected chi connectivity index (χ0v) is 26.8. The summed E-state index contributed by atoms with van der Waals surface area (Å²) in [5.74, 6) is -1.08. The number of anilines is 3. The van der Waals surface area contributed by atoms with Crippen LogP contribution in [0.5, 0.6) is 0 Å². The van der Waals surface area contributed by atoms with Crippen molar-refractivity contribution in [2.24, 2.45) is 0 Å². The Morgan fingerprint density at radius 2 is 1.37 bits per heavy atom. The van der Waals surface area contributed by atoms with Gasteiger partial charge in [-0.05, 0) is 61.8 Å². The van der Waals surface area contributed by atoms with Gasteiger partial charge in [0.25, 0.3) is 0 Å². The summed E-state index contributed by atoms with van der Waals surface area (Å²) in [6.07, 6.45) is -0.175. The van der Waals surface area contributed by atoms with Gasteiger partial charge in [-0.3, -0.25) is 9.69 Å². The smallest absolute Gasteiger partial charge is 0.550 e. The third-order valence-electron chi connectivity index (χ3n) is 5.58. The minimum absolute atomic E-state index is 0. The van der Waals surface area contributed by atoms with Crippen LogP contribution in [0.4, 0.5) is 17.1 Å². The number of para-hydroxylation sites is 3. The summed E-state index contributed by atoms with van der Waals surface area (Å²) in [6, 6.07) is 18.2. The van der Waals surface area contributed by atoms with E-state index in [0.29, 0.717) is 33.5 Å². The van der Waals surface area contributed by atoms with Gasteiger partial charge in [0, 0.05) is 23.8 Å². The number of benzene rings is 3. The first-order valence-electron chi connectivity index (χ1n) is 11.7. The SMILES string of the molecule is CCN(CC)CC(=O)Nc1c(C)cccc1C.Cl.O=C([O-])Cc1ccccc1Nc1c(Cl)cccc1Cl.[Na+]. The van der Waals surface area contributed by atoms with Crippen LogP contribution >= 0.6 is 35.6 Å². The van der Waals surface area contributed by atoms with Crippen molar-refractivity contribution in [3.05, 3.63) is 87.4 Å². The molecule has 0 saturated heterocycles. The van der Waals surface area contributed by atoms with Gasteiger partial charge < -0.3 is 20.5 Å².